The number of hydrogen-bond acceptors (Lipinski definition) is 3. The molecule has 1 atom stereocenters. The summed E-state index contributed by atoms with van der Waals surface area (Å²) in [5, 5.41) is 4.05. The number of carbonyl (C=O) groups is 1. The van der Waals surface area contributed by atoms with Gasteiger partial charge in [0.1, 0.15) is 17.3 Å². The van der Waals surface area contributed by atoms with E-state index in [1.807, 2.05) is 36.4 Å². The van der Waals surface area contributed by atoms with E-state index in [-0.39, 0.29) is 11.8 Å². The molecule has 0 saturated carbocycles. The molecule has 0 radical (unpaired) electrons. The number of amides is 2. The molecule has 5 rings (SSSR count). The molecule has 0 unspecified atom stereocenters. The number of benzene rings is 3. The minimum Gasteiger partial charge on any atom is -0.497 e. The van der Waals surface area contributed by atoms with Gasteiger partial charge in [0.25, 0.3) is 0 Å². The highest BCUT2D eigenvalue weighted by Gasteiger charge is 2.34. The standard InChI is InChI=1S/C26H24FN3O3/c1-32-19-5-3-4-18(14-19)28-26(31)30-13-12-21-22-15-20(33-2)10-11-23(22)29-24(21)25(30)16-6-8-17(27)9-7-16/h3-11,14-15,25,29H,12-13H2,1-2H3,(H,28,31)/t25-/m1/s1. The molecular formula is C26H24FN3O3. The van der Waals surface area contributed by atoms with E-state index < -0.39 is 6.04 Å². The Hall–Kier alpha value is -4.00. The second-order valence-electron chi connectivity index (χ2n) is 7.99. The normalized spacial score (nSPS) is 15.2. The van der Waals surface area contributed by atoms with Gasteiger partial charge < -0.3 is 24.7 Å². The van der Waals surface area contributed by atoms with Crippen LogP contribution in [0.4, 0.5) is 14.9 Å². The third kappa shape index (κ3) is 3.86. The summed E-state index contributed by atoms with van der Waals surface area (Å²) in [5.41, 5.74) is 4.52. The summed E-state index contributed by atoms with van der Waals surface area (Å²) in [7, 11) is 3.23. The van der Waals surface area contributed by atoms with Crippen molar-refractivity contribution in [3.05, 3.63) is 89.4 Å². The fourth-order valence-electron chi connectivity index (χ4n) is 4.50. The molecule has 33 heavy (non-hydrogen) atoms. The number of methoxy groups -OCH3 is 2. The first-order chi connectivity index (χ1) is 16.1. The third-order valence-electron chi connectivity index (χ3n) is 6.10. The molecule has 4 aromatic rings. The zero-order valence-electron chi connectivity index (χ0n) is 18.4. The van der Waals surface area contributed by atoms with Gasteiger partial charge in [-0.1, -0.05) is 18.2 Å². The van der Waals surface area contributed by atoms with E-state index in [1.54, 1.807) is 37.3 Å². The number of H-pyrrole nitrogens is 1. The Balaban J connectivity index is 1.56. The summed E-state index contributed by atoms with van der Waals surface area (Å²) < 4.78 is 24.4. The third-order valence-corrected chi connectivity index (χ3v) is 6.10. The highest BCUT2D eigenvalue weighted by molar-refractivity contribution is 5.92. The van der Waals surface area contributed by atoms with Crippen LogP contribution < -0.4 is 14.8 Å². The van der Waals surface area contributed by atoms with Crippen molar-refractivity contribution >= 4 is 22.6 Å². The van der Waals surface area contributed by atoms with Gasteiger partial charge in [-0.05, 0) is 60.0 Å². The predicted molar refractivity (Wildman–Crippen MR) is 126 cm³/mol. The summed E-state index contributed by atoms with van der Waals surface area (Å²) in [4.78, 5) is 18.7. The van der Waals surface area contributed by atoms with Gasteiger partial charge in [-0.2, -0.15) is 0 Å². The summed E-state index contributed by atoms with van der Waals surface area (Å²) in [5.74, 6) is 1.12. The van der Waals surface area contributed by atoms with Gasteiger partial charge >= 0.3 is 6.03 Å². The number of fused-ring (bicyclic) bond motifs is 3. The topological polar surface area (TPSA) is 66.6 Å². The van der Waals surface area contributed by atoms with Gasteiger partial charge in [-0.25, -0.2) is 9.18 Å². The number of nitrogens with one attached hydrogen (secondary N) is 2. The van der Waals surface area contributed by atoms with Crippen LogP contribution in [-0.2, 0) is 6.42 Å². The number of nitrogens with zero attached hydrogens (tertiary/aromatic N) is 1. The number of aromatic amines is 1. The molecule has 168 valence electrons. The first kappa shape index (κ1) is 20.9. The van der Waals surface area contributed by atoms with Gasteiger partial charge in [0, 0.05) is 34.9 Å². The highest BCUT2D eigenvalue weighted by Crippen LogP contribution is 2.39. The van der Waals surface area contributed by atoms with Crippen molar-refractivity contribution in [2.45, 2.75) is 12.5 Å². The number of ether oxygens (including phenoxy) is 2. The molecule has 1 aromatic heterocycles. The van der Waals surface area contributed by atoms with Crippen LogP contribution in [0.5, 0.6) is 11.5 Å². The van der Waals surface area contributed by atoms with Crippen molar-refractivity contribution in [2.24, 2.45) is 0 Å². The Morgan fingerprint density at radius 2 is 1.79 bits per heavy atom. The van der Waals surface area contributed by atoms with E-state index >= 15 is 0 Å². The predicted octanol–water partition coefficient (Wildman–Crippen LogP) is 5.50. The number of hydrogen-bond donors (Lipinski definition) is 2. The molecule has 6 nitrogen and oxygen atoms in total. The zero-order chi connectivity index (χ0) is 22.9. The maximum Gasteiger partial charge on any atom is 0.322 e. The molecule has 0 bridgehead atoms. The summed E-state index contributed by atoms with van der Waals surface area (Å²) in [6.45, 7) is 0.509. The molecule has 0 aliphatic carbocycles. The highest BCUT2D eigenvalue weighted by atomic mass is 19.1. The Kier molecular flexibility index (Phi) is 5.38. The average molecular weight is 445 g/mol. The van der Waals surface area contributed by atoms with Crippen molar-refractivity contribution in [3.8, 4) is 11.5 Å². The Morgan fingerprint density at radius 3 is 2.55 bits per heavy atom. The minimum absolute atomic E-state index is 0.237. The molecule has 0 fully saturated rings. The van der Waals surface area contributed by atoms with E-state index in [0.29, 0.717) is 24.4 Å². The number of carbonyl (C=O) groups excluding carboxylic acids is 1. The fraction of sp³-hybridized carbons (Fsp3) is 0.192. The van der Waals surface area contributed by atoms with Gasteiger partial charge in [-0.15, -0.1) is 0 Å². The molecule has 0 spiro atoms. The average Bonchev–Trinajstić information content (AvgIpc) is 3.22. The van der Waals surface area contributed by atoms with Crippen molar-refractivity contribution in [2.75, 3.05) is 26.1 Å². The Labute approximate surface area is 190 Å². The molecule has 3 aromatic carbocycles. The van der Waals surface area contributed by atoms with Crippen LogP contribution in [0.3, 0.4) is 0 Å². The number of urea groups is 1. The van der Waals surface area contributed by atoms with Crippen LogP contribution >= 0.6 is 0 Å². The second-order valence-corrected chi connectivity index (χ2v) is 7.99. The Bertz CT molecular complexity index is 1320. The fourth-order valence-corrected chi connectivity index (χ4v) is 4.50. The number of aromatic nitrogens is 1. The zero-order valence-corrected chi connectivity index (χ0v) is 18.4. The largest absolute Gasteiger partial charge is 0.497 e. The van der Waals surface area contributed by atoms with Crippen molar-refractivity contribution in [1.82, 2.24) is 9.88 Å². The summed E-state index contributed by atoms with van der Waals surface area (Å²) >= 11 is 0. The summed E-state index contributed by atoms with van der Waals surface area (Å²) in [6.07, 6.45) is 0.686. The maximum absolute atomic E-state index is 13.7. The number of rotatable bonds is 4. The van der Waals surface area contributed by atoms with Crippen LogP contribution in [-0.4, -0.2) is 36.7 Å². The van der Waals surface area contributed by atoms with E-state index in [4.69, 9.17) is 9.47 Å². The van der Waals surface area contributed by atoms with Crippen LogP contribution in [0.15, 0.2) is 66.7 Å². The molecule has 2 amide bonds. The van der Waals surface area contributed by atoms with E-state index in [9.17, 15) is 9.18 Å². The minimum atomic E-state index is -0.390. The molecular weight excluding hydrogens is 421 g/mol. The van der Waals surface area contributed by atoms with Gasteiger partial charge in [0.05, 0.1) is 20.3 Å². The monoisotopic (exact) mass is 445 g/mol. The second kappa shape index (κ2) is 8.50. The van der Waals surface area contributed by atoms with Crippen molar-refractivity contribution in [3.63, 3.8) is 0 Å². The molecule has 1 aliphatic rings. The van der Waals surface area contributed by atoms with Crippen LogP contribution in [0.25, 0.3) is 10.9 Å². The van der Waals surface area contributed by atoms with Crippen molar-refractivity contribution < 1.29 is 18.7 Å². The number of anilines is 1. The lowest BCUT2D eigenvalue weighted by atomic mass is 9.92. The van der Waals surface area contributed by atoms with Gasteiger partial charge in [0.15, 0.2) is 0 Å². The first-order valence-corrected chi connectivity index (χ1v) is 10.7. The lowest BCUT2D eigenvalue weighted by Crippen LogP contribution is -2.43. The molecule has 2 N–H and O–H groups in total. The molecule has 1 aliphatic heterocycles. The van der Waals surface area contributed by atoms with E-state index in [0.717, 1.165) is 33.5 Å². The maximum atomic E-state index is 13.7. The molecule has 7 heteroatoms. The van der Waals surface area contributed by atoms with Gasteiger partial charge in [0.2, 0.25) is 0 Å². The van der Waals surface area contributed by atoms with Crippen molar-refractivity contribution in [1.29, 1.82) is 0 Å². The SMILES string of the molecule is COc1cccc(NC(=O)N2CCc3c([nH]c4ccc(OC)cc34)[C@H]2c2ccc(F)cc2)c1. The lowest BCUT2D eigenvalue weighted by molar-refractivity contribution is 0.193. The smallest absolute Gasteiger partial charge is 0.322 e. The Morgan fingerprint density at radius 1 is 1.03 bits per heavy atom. The van der Waals surface area contributed by atoms with Crippen LogP contribution in [0.1, 0.15) is 22.9 Å². The van der Waals surface area contributed by atoms with Crippen LogP contribution in [0, 0.1) is 5.82 Å². The molecule has 0 saturated heterocycles. The quantitative estimate of drug-likeness (QED) is 0.436. The molecule has 2 heterocycles. The lowest BCUT2D eigenvalue weighted by Gasteiger charge is -2.36. The summed E-state index contributed by atoms with van der Waals surface area (Å²) in [6, 6.07) is 18.8. The van der Waals surface area contributed by atoms with Gasteiger partial charge in [-0.3, -0.25) is 0 Å². The first-order valence-electron chi connectivity index (χ1n) is 10.7. The number of halogens is 1. The van der Waals surface area contributed by atoms with Crippen LogP contribution in [0.2, 0.25) is 0 Å². The van der Waals surface area contributed by atoms with E-state index in [2.05, 4.69) is 10.3 Å². The van der Waals surface area contributed by atoms with E-state index in [1.165, 1.54) is 12.1 Å².